The van der Waals surface area contributed by atoms with Gasteiger partial charge in [0, 0.05) is 22.4 Å². The summed E-state index contributed by atoms with van der Waals surface area (Å²) in [5.41, 5.74) is 6.30. The van der Waals surface area contributed by atoms with Gasteiger partial charge in [-0.15, -0.1) is 16.4 Å². The molecule has 0 saturated carbocycles. The number of aromatic nitrogens is 4. The zero-order valence-electron chi connectivity index (χ0n) is 15.8. The fourth-order valence-corrected chi connectivity index (χ4v) is 5.37. The number of nitrogens with two attached hydrogens (primary N) is 1. The van der Waals surface area contributed by atoms with Crippen molar-refractivity contribution in [1.29, 1.82) is 0 Å². The van der Waals surface area contributed by atoms with Crippen molar-refractivity contribution in [1.82, 2.24) is 20.0 Å². The van der Waals surface area contributed by atoms with Gasteiger partial charge < -0.3 is 25.4 Å². The molecular weight excluding hydrogens is 450 g/mol. The van der Waals surface area contributed by atoms with Crippen molar-refractivity contribution in [2.45, 2.75) is 34.7 Å². The predicted molar refractivity (Wildman–Crippen MR) is 114 cm³/mol. The van der Waals surface area contributed by atoms with Gasteiger partial charge in [-0.25, -0.2) is 9.67 Å². The summed E-state index contributed by atoms with van der Waals surface area (Å²) in [6.45, 7) is -0.356. The molecule has 0 aliphatic carbocycles. The van der Waals surface area contributed by atoms with Gasteiger partial charge in [0.05, 0.1) is 12.8 Å². The van der Waals surface area contributed by atoms with E-state index in [1.165, 1.54) is 34.9 Å². The Morgan fingerprint density at radius 1 is 1.40 bits per heavy atom. The maximum Gasteiger partial charge on any atom is 0.180 e. The van der Waals surface area contributed by atoms with Gasteiger partial charge in [-0.1, -0.05) is 34.6 Å². The molecule has 4 N–H and O–H groups in total. The van der Waals surface area contributed by atoms with Crippen LogP contribution in [-0.4, -0.2) is 67.7 Å². The number of thioether (sulfide) groups is 1. The highest BCUT2D eigenvalue weighted by atomic mass is 35.5. The van der Waals surface area contributed by atoms with Crippen LogP contribution in [-0.2, 0) is 9.47 Å². The minimum Gasteiger partial charge on any atom is -0.394 e. The van der Waals surface area contributed by atoms with E-state index in [9.17, 15) is 10.2 Å². The Morgan fingerprint density at radius 3 is 2.90 bits per heavy atom. The van der Waals surface area contributed by atoms with Crippen LogP contribution in [0.2, 0.25) is 5.02 Å². The van der Waals surface area contributed by atoms with E-state index in [-0.39, 0.29) is 6.61 Å². The second-order valence-electron chi connectivity index (χ2n) is 6.64. The fourth-order valence-electron chi connectivity index (χ4n) is 3.33. The lowest BCUT2D eigenvalue weighted by molar-refractivity contribution is -0.186. The third-order valence-electron chi connectivity index (χ3n) is 4.75. The average molecular weight is 470 g/mol. The molecule has 12 heteroatoms. The smallest absolute Gasteiger partial charge is 0.180 e. The summed E-state index contributed by atoms with van der Waals surface area (Å²) < 4.78 is 13.2. The van der Waals surface area contributed by atoms with E-state index >= 15 is 0 Å². The molecule has 2 unspecified atom stereocenters. The molecule has 4 rings (SSSR count). The summed E-state index contributed by atoms with van der Waals surface area (Å²) >= 11 is 8.80. The van der Waals surface area contributed by atoms with Crippen molar-refractivity contribution < 1.29 is 19.7 Å². The van der Waals surface area contributed by atoms with Crippen LogP contribution in [0.4, 0.5) is 5.13 Å². The largest absolute Gasteiger partial charge is 0.394 e. The van der Waals surface area contributed by atoms with Gasteiger partial charge in [-0.3, -0.25) is 0 Å². The number of aliphatic hydroxyl groups is 2. The molecule has 0 radical (unpaired) electrons. The molecule has 2 aromatic heterocycles. The number of hydrogen-bond acceptors (Lipinski definition) is 10. The van der Waals surface area contributed by atoms with Crippen LogP contribution in [0.25, 0.3) is 11.4 Å². The lowest BCUT2D eigenvalue weighted by Gasteiger charge is -2.43. The number of hydrogen-bond donors (Lipinski definition) is 3. The number of benzene rings is 1. The van der Waals surface area contributed by atoms with Crippen LogP contribution in [0.3, 0.4) is 0 Å². The lowest BCUT2D eigenvalue weighted by Crippen LogP contribution is -2.55. The van der Waals surface area contributed by atoms with E-state index in [0.717, 1.165) is 4.90 Å². The quantitative estimate of drug-likeness (QED) is 0.496. The highest BCUT2D eigenvalue weighted by Gasteiger charge is 2.47. The Hall–Kier alpha value is -1.73. The van der Waals surface area contributed by atoms with Gasteiger partial charge in [0.1, 0.15) is 41.2 Å². The zero-order chi connectivity index (χ0) is 21.3. The van der Waals surface area contributed by atoms with Crippen LogP contribution in [0.1, 0.15) is 6.04 Å². The molecule has 3 heterocycles. The van der Waals surface area contributed by atoms with E-state index < -0.39 is 29.8 Å². The van der Waals surface area contributed by atoms with Crippen molar-refractivity contribution in [3.05, 3.63) is 40.9 Å². The number of nitrogen functional groups attached to an aromatic ring is 1. The third kappa shape index (κ3) is 4.33. The number of thiazole rings is 1. The van der Waals surface area contributed by atoms with Crippen molar-refractivity contribution in [3.63, 3.8) is 0 Å². The number of ether oxygens (including phenoxy) is 2. The number of rotatable bonds is 6. The van der Waals surface area contributed by atoms with E-state index in [1.54, 1.807) is 17.6 Å². The molecule has 9 nitrogen and oxygen atoms in total. The van der Waals surface area contributed by atoms with E-state index in [0.29, 0.717) is 21.5 Å². The zero-order valence-corrected chi connectivity index (χ0v) is 18.2. The van der Waals surface area contributed by atoms with Gasteiger partial charge in [0.2, 0.25) is 0 Å². The lowest BCUT2D eigenvalue weighted by atomic mass is 9.97. The van der Waals surface area contributed by atoms with E-state index in [4.69, 9.17) is 26.8 Å². The number of halogens is 1. The van der Waals surface area contributed by atoms with Gasteiger partial charge in [-0.2, -0.15) is 0 Å². The maximum atomic E-state index is 10.9. The molecule has 30 heavy (non-hydrogen) atoms. The summed E-state index contributed by atoms with van der Waals surface area (Å²) in [5, 5.41) is 31.8. The van der Waals surface area contributed by atoms with Gasteiger partial charge >= 0.3 is 0 Å². The maximum absolute atomic E-state index is 10.9. The molecule has 0 bridgehead atoms. The molecule has 1 fully saturated rings. The average Bonchev–Trinajstić information content (AvgIpc) is 3.37. The van der Waals surface area contributed by atoms with Crippen molar-refractivity contribution in [2.75, 3.05) is 19.5 Å². The second kappa shape index (κ2) is 9.18. The summed E-state index contributed by atoms with van der Waals surface area (Å²) in [7, 11) is 1.54. The van der Waals surface area contributed by atoms with Gasteiger partial charge in [0.25, 0.3) is 0 Å². The summed E-state index contributed by atoms with van der Waals surface area (Å²) in [4.78, 5) is 5.09. The Bertz CT molecular complexity index is 1000. The topological polar surface area (TPSA) is 129 Å². The second-order valence-corrected chi connectivity index (χ2v) is 9.13. The highest BCUT2D eigenvalue weighted by molar-refractivity contribution is 7.99. The standard InChI is InChI=1S/C18H20ClN5O4S2/c1-27-16-14(24-6-11(22-23-24)12-8-29-18(20)21-12)15(26)13(7-25)28-17(16)30-10-4-2-3-9(19)5-10/h2-6,8,13-17,25-26H,7H2,1H3,(H2,20,21)/t13?,14-,15-,16?,17+/m0/s1. The van der Waals surface area contributed by atoms with Crippen molar-refractivity contribution in [2.24, 2.45) is 0 Å². The normalized spacial score (nSPS) is 26.7. The molecule has 160 valence electrons. The molecule has 1 aromatic carbocycles. The fraction of sp³-hybridized carbons (Fsp3) is 0.389. The van der Waals surface area contributed by atoms with Crippen LogP contribution in [0.5, 0.6) is 0 Å². The van der Waals surface area contributed by atoms with Crippen molar-refractivity contribution in [3.8, 4) is 11.4 Å². The SMILES string of the molecule is COC1[C@@H](Sc2cccc(Cl)c2)OC(CO)[C@H](O)[C@@H]1n1cc(-c2csc(N)n2)nn1. The minimum atomic E-state index is -1.06. The Labute approximate surface area is 185 Å². The number of anilines is 1. The first-order valence-electron chi connectivity index (χ1n) is 9.02. The Kier molecular flexibility index (Phi) is 6.58. The summed E-state index contributed by atoms with van der Waals surface area (Å²) in [6.07, 6.45) is -0.788. The summed E-state index contributed by atoms with van der Waals surface area (Å²) in [6, 6.07) is 6.70. The van der Waals surface area contributed by atoms with Gasteiger partial charge in [0.15, 0.2) is 5.13 Å². The Morgan fingerprint density at radius 2 is 2.23 bits per heavy atom. The summed E-state index contributed by atoms with van der Waals surface area (Å²) in [5.74, 6) is 0. The number of methoxy groups -OCH3 is 1. The minimum absolute atomic E-state index is 0.356. The predicted octanol–water partition coefficient (Wildman–Crippen LogP) is 2.06. The molecular formula is C18H20ClN5O4S2. The molecule has 5 atom stereocenters. The van der Waals surface area contributed by atoms with Crippen LogP contribution in [0, 0.1) is 0 Å². The number of aliphatic hydroxyl groups excluding tert-OH is 2. The Balaban J connectivity index is 1.65. The number of nitrogens with zero attached hydrogens (tertiary/aromatic N) is 4. The molecule has 1 saturated heterocycles. The van der Waals surface area contributed by atoms with E-state index in [2.05, 4.69) is 15.3 Å². The monoisotopic (exact) mass is 469 g/mol. The first-order valence-corrected chi connectivity index (χ1v) is 11.2. The molecule has 1 aliphatic heterocycles. The van der Waals surface area contributed by atoms with E-state index in [1.807, 2.05) is 18.2 Å². The van der Waals surface area contributed by atoms with Gasteiger partial charge in [-0.05, 0) is 18.2 Å². The van der Waals surface area contributed by atoms with Crippen molar-refractivity contribution >= 4 is 39.8 Å². The van der Waals surface area contributed by atoms with Crippen LogP contribution >= 0.6 is 34.7 Å². The molecule has 3 aromatic rings. The first kappa shape index (κ1) is 21.5. The third-order valence-corrected chi connectivity index (χ3v) is 6.79. The molecule has 0 amide bonds. The molecule has 0 spiro atoms. The highest BCUT2D eigenvalue weighted by Crippen LogP contribution is 2.40. The first-order chi connectivity index (χ1) is 14.5. The molecule has 1 aliphatic rings. The van der Waals surface area contributed by atoms with Crippen LogP contribution < -0.4 is 5.73 Å². The van der Waals surface area contributed by atoms with Crippen LogP contribution in [0.15, 0.2) is 40.7 Å².